The molecule has 0 saturated carbocycles. The highest BCUT2D eigenvalue weighted by Gasteiger charge is 2.31. The van der Waals surface area contributed by atoms with Crippen molar-refractivity contribution in [2.24, 2.45) is 0 Å². The van der Waals surface area contributed by atoms with Crippen LogP contribution in [0.1, 0.15) is 40.7 Å². The lowest BCUT2D eigenvalue weighted by atomic mass is 9.98. The summed E-state index contributed by atoms with van der Waals surface area (Å²) in [7, 11) is 0. The van der Waals surface area contributed by atoms with E-state index in [2.05, 4.69) is 0 Å². The number of rotatable bonds is 0. The van der Waals surface area contributed by atoms with Gasteiger partial charge in [-0.05, 0) is 24.5 Å². The van der Waals surface area contributed by atoms with Gasteiger partial charge in [0, 0.05) is 17.5 Å². The maximum atomic E-state index is 11.6. The molecule has 2 N–H and O–H groups in total. The van der Waals surface area contributed by atoms with Crippen molar-refractivity contribution >= 4 is 5.78 Å². The minimum atomic E-state index is -0.136. The third-order valence-corrected chi connectivity index (χ3v) is 2.78. The number of aromatic hydroxyl groups is 2. The topological polar surface area (TPSA) is 57.5 Å². The molecule has 1 atom stereocenters. The van der Waals surface area contributed by atoms with Gasteiger partial charge in [-0.25, -0.2) is 0 Å². The minimum absolute atomic E-state index is 0.00306. The molecule has 0 fully saturated rings. The Hall–Kier alpha value is -1.51. The summed E-state index contributed by atoms with van der Waals surface area (Å²) >= 11 is 0. The number of ketones is 1. The van der Waals surface area contributed by atoms with Crippen LogP contribution in [0.25, 0.3) is 0 Å². The Morgan fingerprint density at radius 3 is 2.71 bits per heavy atom. The van der Waals surface area contributed by atoms with Crippen molar-refractivity contribution in [3.05, 3.63) is 22.8 Å². The van der Waals surface area contributed by atoms with E-state index in [-0.39, 0.29) is 23.2 Å². The van der Waals surface area contributed by atoms with Gasteiger partial charge in [-0.15, -0.1) is 0 Å². The lowest BCUT2D eigenvalue weighted by Crippen LogP contribution is -1.95. The van der Waals surface area contributed by atoms with E-state index in [0.717, 1.165) is 5.56 Å². The Morgan fingerprint density at radius 2 is 2.07 bits per heavy atom. The van der Waals surface area contributed by atoms with Gasteiger partial charge < -0.3 is 10.2 Å². The van der Waals surface area contributed by atoms with Crippen molar-refractivity contribution in [3.63, 3.8) is 0 Å². The van der Waals surface area contributed by atoms with Crippen molar-refractivity contribution in [2.45, 2.75) is 26.2 Å². The maximum Gasteiger partial charge on any atom is 0.164 e. The van der Waals surface area contributed by atoms with E-state index in [1.54, 1.807) is 6.92 Å². The van der Waals surface area contributed by atoms with Crippen LogP contribution in [0.5, 0.6) is 11.5 Å². The average molecular weight is 192 g/mol. The molecule has 0 bridgehead atoms. The van der Waals surface area contributed by atoms with Gasteiger partial charge >= 0.3 is 0 Å². The predicted molar refractivity (Wildman–Crippen MR) is 51.9 cm³/mol. The second-order valence-corrected chi connectivity index (χ2v) is 3.88. The van der Waals surface area contributed by atoms with E-state index < -0.39 is 0 Å². The maximum absolute atomic E-state index is 11.6. The summed E-state index contributed by atoms with van der Waals surface area (Å²) in [6.45, 7) is 3.65. The zero-order chi connectivity index (χ0) is 10.5. The fourth-order valence-electron chi connectivity index (χ4n) is 2.15. The Labute approximate surface area is 82.0 Å². The second-order valence-electron chi connectivity index (χ2n) is 3.88. The third-order valence-electron chi connectivity index (χ3n) is 2.78. The first kappa shape index (κ1) is 9.06. The van der Waals surface area contributed by atoms with Gasteiger partial charge in [0.15, 0.2) is 17.3 Å². The molecule has 1 aliphatic rings. The Bertz CT molecular complexity index is 421. The fourth-order valence-corrected chi connectivity index (χ4v) is 2.15. The lowest BCUT2D eigenvalue weighted by Gasteiger charge is -2.09. The smallest absolute Gasteiger partial charge is 0.164 e. The van der Waals surface area contributed by atoms with E-state index in [1.165, 1.54) is 6.07 Å². The average Bonchev–Trinajstić information content (AvgIpc) is 2.38. The molecule has 0 saturated heterocycles. The number of hydrogen-bond acceptors (Lipinski definition) is 3. The lowest BCUT2D eigenvalue weighted by molar-refractivity contribution is 0.0989. The SMILES string of the molecule is Cc1cc(O)c(O)c2c1C(=O)CC2C. The number of fused-ring (bicyclic) bond motifs is 1. The Balaban J connectivity index is 2.79. The van der Waals surface area contributed by atoms with Crippen LogP contribution in [0, 0.1) is 6.92 Å². The van der Waals surface area contributed by atoms with Crippen molar-refractivity contribution < 1.29 is 15.0 Å². The molecule has 1 aliphatic carbocycles. The predicted octanol–water partition coefficient (Wildman–Crippen LogP) is 2.10. The molecule has 0 spiro atoms. The molecule has 0 radical (unpaired) electrons. The monoisotopic (exact) mass is 192 g/mol. The highest BCUT2D eigenvalue weighted by molar-refractivity contribution is 6.03. The number of phenols is 2. The third kappa shape index (κ3) is 1.02. The van der Waals surface area contributed by atoms with E-state index in [4.69, 9.17) is 0 Å². The molecular weight excluding hydrogens is 180 g/mol. The van der Waals surface area contributed by atoms with Crippen LogP contribution in [0.3, 0.4) is 0 Å². The number of carbonyl (C=O) groups is 1. The van der Waals surface area contributed by atoms with Gasteiger partial charge in [0.2, 0.25) is 0 Å². The summed E-state index contributed by atoms with van der Waals surface area (Å²) in [6, 6.07) is 1.43. The van der Waals surface area contributed by atoms with Gasteiger partial charge in [0.05, 0.1) is 0 Å². The first-order chi connectivity index (χ1) is 6.52. The molecule has 0 aromatic heterocycles. The van der Waals surface area contributed by atoms with Crippen LogP contribution < -0.4 is 0 Å². The largest absolute Gasteiger partial charge is 0.504 e. The Kier molecular flexibility index (Phi) is 1.77. The van der Waals surface area contributed by atoms with Crippen LogP contribution in [0.15, 0.2) is 6.07 Å². The molecule has 14 heavy (non-hydrogen) atoms. The molecule has 1 aromatic carbocycles. The number of Topliss-reactive ketones (excluding diaryl/α,β-unsaturated/α-hetero) is 1. The number of benzene rings is 1. The summed E-state index contributed by atoms with van der Waals surface area (Å²) in [5.41, 5.74) is 1.94. The van der Waals surface area contributed by atoms with Crippen LogP contribution >= 0.6 is 0 Å². The van der Waals surface area contributed by atoms with Gasteiger partial charge in [-0.3, -0.25) is 4.79 Å². The number of hydrogen-bond donors (Lipinski definition) is 2. The van der Waals surface area contributed by atoms with E-state index in [9.17, 15) is 15.0 Å². The molecule has 0 aliphatic heterocycles. The van der Waals surface area contributed by atoms with E-state index in [1.807, 2.05) is 6.92 Å². The summed E-state index contributed by atoms with van der Waals surface area (Å²) in [4.78, 5) is 11.6. The van der Waals surface area contributed by atoms with Crippen molar-refractivity contribution in [2.75, 3.05) is 0 Å². The van der Waals surface area contributed by atoms with Crippen LogP contribution in [0.2, 0.25) is 0 Å². The first-order valence-electron chi connectivity index (χ1n) is 4.61. The molecule has 1 unspecified atom stereocenters. The highest BCUT2D eigenvalue weighted by Crippen LogP contribution is 2.44. The normalized spacial score (nSPS) is 19.9. The van der Waals surface area contributed by atoms with Gasteiger partial charge in [-0.1, -0.05) is 6.92 Å². The Morgan fingerprint density at radius 1 is 1.43 bits per heavy atom. The summed E-state index contributed by atoms with van der Waals surface area (Å²) in [5, 5.41) is 19.0. The van der Waals surface area contributed by atoms with Gasteiger partial charge in [-0.2, -0.15) is 0 Å². The van der Waals surface area contributed by atoms with Crippen molar-refractivity contribution in [3.8, 4) is 11.5 Å². The number of phenolic OH excluding ortho intramolecular Hbond substituents is 2. The number of aryl methyl sites for hydroxylation is 1. The fraction of sp³-hybridized carbons (Fsp3) is 0.364. The highest BCUT2D eigenvalue weighted by atomic mass is 16.3. The standard InChI is InChI=1S/C11H12O3/c1-5-4-8(13)11(14)10-6(2)3-7(12)9(5)10/h4,6,13-14H,3H2,1-2H3. The van der Waals surface area contributed by atoms with E-state index >= 15 is 0 Å². The molecule has 3 nitrogen and oxygen atoms in total. The summed E-state index contributed by atoms with van der Waals surface area (Å²) < 4.78 is 0. The molecule has 0 heterocycles. The van der Waals surface area contributed by atoms with Crippen molar-refractivity contribution in [1.82, 2.24) is 0 Å². The zero-order valence-corrected chi connectivity index (χ0v) is 8.16. The number of carbonyl (C=O) groups excluding carboxylic acids is 1. The van der Waals surface area contributed by atoms with Gasteiger partial charge in [0.25, 0.3) is 0 Å². The molecule has 2 rings (SSSR count). The minimum Gasteiger partial charge on any atom is -0.504 e. The first-order valence-corrected chi connectivity index (χ1v) is 4.61. The summed E-state index contributed by atoms with van der Waals surface area (Å²) in [6.07, 6.45) is 0.424. The molecule has 3 heteroatoms. The molecular formula is C11H12O3. The second kappa shape index (κ2) is 2.74. The van der Waals surface area contributed by atoms with E-state index in [0.29, 0.717) is 17.5 Å². The molecule has 1 aromatic rings. The van der Waals surface area contributed by atoms with Crippen molar-refractivity contribution in [1.29, 1.82) is 0 Å². The summed E-state index contributed by atoms with van der Waals surface area (Å²) in [5.74, 6) is -0.213. The zero-order valence-electron chi connectivity index (χ0n) is 8.16. The van der Waals surface area contributed by atoms with Gasteiger partial charge in [0.1, 0.15) is 0 Å². The molecule has 0 amide bonds. The van der Waals surface area contributed by atoms with Crippen LogP contribution in [-0.4, -0.2) is 16.0 Å². The van der Waals surface area contributed by atoms with Crippen LogP contribution in [-0.2, 0) is 0 Å². The molecule has 74 valence electrons. The quantitative estimate of drug-likeness (QED) is 0.619. The van der Waals surface area contributed by atoms with Crippen LogP contribution in [0.4, 0.5) is 0 Å².